The number of hydrogen-bond donors (Lipinski definition) is 2. The lowest BCUT2D eigenvalue weighted by Gasteiger charge is -2.31. The van der Waals surface area contributed by atoms with Crippen molar-refractivity contribution < 1.29 is 19.4 Å². The molecule has 0 radical (unpaired) electrons. The number of carbonyl (C=O) groups is 2. The van der Waals surface area contributed by atoms with Gasteiger partial charge in [-0.15, -0.1) is 0 Å². The Kier molecular flexibility index (Phi) is 5.93. The predicted molar refractivity (Wildman–Crippen MR) is 85.5 cm³/mol. The predicted octanol–water partition coefficient (Wildman–Crippen LogP) is 3.45. The molecule has 1 heterocycles. The smallest absolute Gasteiger partial charge is 0.408 e. The average molecular weight is 373 g/mol. The van der Waals surface area contributed by atoms with Gasteiger partial charge in [-0.2, -0.15) is 0 Å². The molecule has 0 aliphatic carbocycles. The van der Waals surface area contributed by atoms with Gasteiger partial charge in [-0.3, -0.25) is 5.32 Å². The first-order valence-electron chi connectivity index (χ1n) is 6.98. The van der Waals surface area contributed by atoms with Gasteiger partial charge >= 0.3 is 12.1 Å². The van der Waals surface area contributed by atoms with E-state index in [1.807, 2.05) is 6.92 Å². The fraction of sp³-hybridized carbons (Fsp3) is 0.533. The summed E-state index contributed by atoms with van der Waals surface area (Å²) in [5, 5.41) is 12.2. The van der Waals surface area contributed by atoms with E-state index in [1.54, 1.807) is 39.0 Å². The molecule has 0 spiro atoms. The lowest BCUT2D eigenvalue weighted by Crippen LogP contribution is -2.53. The third-order valence-electron chi connectivity index (χ3n) is 2.86. The largest absolute Gasteiger partial charge is 0.479 e. The van der Waals surface area contributed by atoms with Crippen LogP contribution < -0.4 is 5.32 Å². The number of hydrogen-bond acceptors (Lipinski definition) is 4. The number of nitrogens with one attached hydrogen (secondary N) is 1. The SMILES string of the molecule is CCCC(NC(=O)OC(C)(C)C)(C(=O)O)c1cccc(Br)n1. The maximum Gasteiger partial charge on any atom is 0.408 e. The molecule has 0 saturated carbocycles. The van der Waals surface area contributed by atoms with Gasteiger partial charge in [0.1, 0.15) is 10.2 Å². The van der Waals surface area contributed by atoms with Crippen LogP contribution in [0.3, 0.4) is 0 Å². The van der Waals surface area contributed by atoms with E-state index in [4.69, 9.17) is 4.74 Å². The molecule has 0 aliphatic rings. The molecule has 1 rings (SSSR count). The van der Waals surface area contributed by atoms with Gasteiger partial charge in [-0.1, -0.05) is 19.4 Å². The van der Waals surface area contributed by atoms with Crippen molar-refractivity contribution in [1.29, 1.82) is 0 Å². The lowest BCUT2D eigenvalue weighted by molar-refractivity contribution is -0.146. The number of halogens is 1. The third-order valence-corrected chi connectivity index (χ3v) is 3.30. The number of aromatic nitrogens is 1. The van der Waals surface area contributed by atoms with Crippen molar-refractivity contribution in [1.82, 2.24) is 10.3 Å². The van der Waals surface area contributed by atoms with Crippen LogP contribution in [-0.2, 0) is 15.1 Å². The Bertz CT molecular complexity index is 557. The van der Waals surface area contributed by atoms with Crippen molar-refractivity contribution in [2.45, 2.75) is 51.7 Å². The quantitative estimate of drug-likeness (QED) is 0.772. The molecule has 1 atom stereocenters. The van der Waals surface area contributed by atoms with Crippen molar-refractivity contribution in [3.63, 3.8) is 0 Å². The monoisotopic (exact) mass is 372 g/mol. The third kappa shape index (κ3) is 4.69. The number of pyridine rings is 1. The number of aliphatic carboxylic acids is 1. The maximum atomic E-state index is 12.1. The summed E-state index contributed by atoms with van der Waals surface area (Å²) in [4.78, 5) is 28.2. The number of rotatable bonds is 5. The highest BCUT2D eigenvalue weighted by molar-refractivity contribution is 9.10. The molecule has 0 aromatic carbocycles. The molecule has 1 aromatic heterocycles. The van der Waals surface area contributed by atoms with Crippen LogP contribution in [-0.4, -0.2) is 27.8 Å². The Morgan fingerprint density at radius 3 is 2.45 bits per heavy atom. The molecule has 1 aromatic rings. The number of amides is 1. The summed E-state index contributed by atoms with van der Waals surface area (Å²) in [5.74, 6) is -1.18. The fourth-order valence-corrected chi connectivity index (χ4v) is 2.37. The molecular formula is C15H21BrN2O4. The first kappa shape index (κ1) is 18.4. The zero-order valence-electron chi connectivity index (χ0n) is 13.1. The van der Waals surface area contributed by atoms with Crippen LogP contribution in [0.1, 0.15) is 46.2 Å². The van der Waals surface area contributed by atoms with Crippen LogP contribution in [0, 0.1) is 0 Å². The second-order valence-electron chi connectivity index (χ2n) is 5.93. The zero-order valence-corrected chi connectivity index (χ0v) is 14.7. The van der Waals surface area contributed by atoms with E-state index in [0.717, 1.165) is 0 Å². The Labute approximate surface area is 138 Å². The minimum Gasteiger partial charge on any atom is -0.479 e. The number of alkyl carbamates (subject to hydrolysis) is 1. The fourth-order valence-electron chi connectivity index (χ4n) is 2.02. The van der Waals surface area contributed by atoms with E-state index in [2.05, 4.69) is 26.2 Å². The number of nitrogens with zero attached hydrogens (tertiary/aromatic N) is 1. The van der Waals surface area contributed by atoms with Crippen molar-refractivity contribution in [3.8, 4) is 0 Å². The van der Waals surface area contributed by atoms with Gasteiger partial charge in [-0.25, -0.2) is 14.6 Å². The molecule has 7 heteroatoms. The molecule has 2 N–H and O–H groups in total. The van der Waals surface area contributed by atoms with Crippen LogP contribution in [0.2, 0.25) is 0 Å². The van der Waals surface area contributed by atoms with Gasteiger partial charge in [0.15, 0.2) is 5.54 Å². The highest BCUT2D eigenvalue weighted by Crippen LogP contribution is 2.27. The van der Waals surface area contributed by atoms with Gasteiger partial charge in [0.2, 0.25) is 0 Å². The normalized spacial score (nSPS) is 14.0. The minimum absolute atomic E-state index is 0.199. The Balaban J connectivity index is 3.22. The highest BCUT2D eigenvalue weighted by atomic mass is 79.9. The molecule has 0 bridgehead atoms. The van der Waals surface area contributed by atoms with Gasteiger partial charge in [0, 0.05) is 0 Å². The first-order chi connectivity index (χ1) is 10.1. The van der Waals surface area contributed by atoms with Crippen molar-refractivity contribution in [2.24, 2.45) is 0 Å². The Hall–Kier alpha value is -1.63. The second-order valence-corrected chi connectivity index (χ2v) is 6.75. The molecule has 0 fully saturated rings. The van der Waals surface area contributed by atoms with E-state index in [1.165, 1.54) is 0 Å². The molecule has 6 nitrogen and oxygen atoms in total. The van der Waals surface area contributed by atoms with Crippen LogP contribution in [0.5, 0.6) is 0 Å². The first-order valence-corrected chi connectivity index (χ1v) is 7.77. The lowest BCUT2D eigenvalue weighted by atomic mass is 9.89. The van der Waals surface area contributed by atoms with Crippen molar-refractivity contribution in [2.75, 3.05) is 0 Å². The second kappa shape index (κ2) is 7.09. The summed E-state index contributed by atoms with van der Waals surface area (Å²) in [6.07, 6.45) is -0.0356. The van der Waals surface area contributed by atoms with Gasteiger partial charge < -0.3 is 9.84 Å². The number of carbonyl (C=O) groups excluding carboxylic acids is 1. The summed E-state index contributed by atoms with van der Waals surface area (Å²) in [6, 6.07) is 4.94. The zero-order chi connectivity index (χ0) is 17.0. The van der Waals surface area contributed by atoms with Crippen LogP contribution in [0.25, 0.3) is 0 Å². The summed E-state index contributed by atoms with van der Waals surface area (Å²) in [6.45, 7) is 6.98. The summed E-state index contributed by atoms with van der Waals surface area (Å²) < 4.78 is 5.69. The molecule has 0 aliphatic heterocycles. The Morgan fingerprint density at radius 1 is 1.36 bits per heavy atom. The van der Waals surface area contributed by atoms with Crippen molar-refractivity contribution >= 4 is 28.0 Å². The van der Waals surface area contributed by atoms with E-state index in [9.17, 15) is 14.7 Å². The van der Waals surface area contributed by atoms with Gasteiger partial charge in [-0.05, 0) is 55.3 Å². The van der Waals surface area contributed by atoms with Crippen LogP contribution in [0.15, 0.2) is 22.8 Å². The topological polar surface area (TPSA) is 88.5 Å². The molecular weight excluding hydrogens is 352 g/mol. The molecule has 122 valence electrons. The molecule has 22 heavy (non-hydrogen) atoms. The molecule has 1 unspecified atom stereocenters. The average Bonchev–Trinajstić information content (AvgIpc) is 2.35. The number of ether oxygens (including phenoxy) is 1. The van der Waals surface area contributed by atoms with Gasteiger partial charge in [0.25, 0.3) is 0 Å². The summed E-state index contributed by atoms with van der Waals surface area (Å²) >= 11 is 3.22. The highest BCUT2D eigenvalue weighted by Gasteiger charge is 2.43. The van der Waals surface area contributed by atoms with E-state index in [-0.39, 0.29) is 12.1 Å². The number of carboxylic acid groups (broad SMARTS) is 1. The molecule has 1 amide bonds. The summed E-state index contributed by atoms with van der Waals surface area (Å²) in [5.41, 5.74) is -2.09. The Morgan fingerprint density at radius 2 is 2.00 bits per heavy atom. The van der Waals surface area contributed by atoms with Crippen LogP contribution in [0.4, 0.5) is 4.79 Å². The number of carboxylic acids is 1. The summed E-state index contributed by atoms with van der Waals surface area (Å²) in [7, 11) is 0. The van der Waals surface area contributed by atoms with E-state index >= 15 is 0 Å². The maximum absolute atomic E-state index is 12.1. The molecule has 0 saturated heterocycles. The van der Waals surface area contributed by atoms with E-state index in [0.29, 0.717) is 11.0 Å². The minimum atomic E-state index is -1.62. The van der Waals surface area contributed by atoms with Gasteiger partial charge in [0.05, 0.1) is 5.69 Å². The standard InChI is InChI=1S/C15H21BrN2O4/c1-5-9-15(12(19)20,10-7-6-8-11(16)17-10)18-13(21)22-14(2,3)4/h6-8H,5,9H2,1-4H3,(H,18,21)(H,19,20). The van der Waals surface area contributed by atoms with Crippen LogP contribution >= 0.6 is 15.9 Å². The van der Waals surface area contributed by atoms with Crippen molar-refractivity contribution in [3.05, 3.63) is 28.5 Å². The van der Waals surface area contributed by atoms with E-state index < -0.39 is 23.2 Å².